The van der Waals surface area contributed by atoms with Gasteiger partial charge in [0.05, 0.1) is 28.5 Å². The largest absolute Gasteiger partial charge is 0.390 e. The summed E-state index contributed by atoms with van der Waals surface area (Å²) in [5.41, 5.74) is 9.09. The van der Waals surface area contributed by atoms with E-state index >= 15 is 0 Å². The predicted molar refractivity (Wildman–Crippen MR) is 133 cm³/mol. The highest BCUT2D eigenvalue weighted by molar-refractivity contribution is 5.91. The number of aromatic amines is 1. The minimum Gasteiger partial charge on any atom is -0.390 e. The average molecular weight is 474 g/mol. The summed E-state index contributed by atoms with van der Waals surface area (Å²) in [6, 6.07) is 9.80. The van der Waals surface area contributed by atoms with Crippen LogP contribution in [0.1, 0.15) is 18.4 Å². The normalized spacial score (nSPS) is 22.6. The van der Waals surface area contributed by atoms with Gasteiger partial charge in [0, 0.05) is 31.1 Å². The van der Waals surface area contributed by atoms with E-state index in [4.69, 9.17) is 5.73 Å². The lowest BCUT2D eigenvalue weighted by Gasteiger charge is -2.18. The Hall–Kier alpha value is -3.76. The van der Waals surface area contributed by atoms with Gasteiger partial charge in [-0.05, 0) is 48.9 Å². The van der Waals surface area contributed by atoms with Gasteiger partial charge in [-0.1, -0.05) is 12.1 Å². The zero-order valence-electron chi connectivity index (χ0n) is 19.3. The maximum atomic E-state index is 12.2. The van der Waals surface area contributed by atoms with Gasteiger partial charge in [-0.15, -0.1) is 0 Å². The number of nitrogen functional groups attached to an aromatic ring is 1. The van der Waals surface area contributed by atoms with Gasteiger partial charge in [-0.2, -0.15) is 0 Å². The molecule has 5 N–H and O–H groups in total. The number of anilines is 1. The number of nitrogens with two attached hydrogens (primary N) is 1. The van der Waals surface area contributed by atoms with E-state index in [0.29, 0.717) is 23.4 Å². The van der Waals surface area contributed by atoms with Crippen LogP contribution < -0.4 is 11.3 Å². The Morgan fingerprint density at radius 3 is 2.80 bits per heavy atom. The monoisotopic (exact) mass is 473 g/mol. The highest BCUT2D eigenvalue weighted by Gasteiger charge is 2.41. The summed E-state index contributed by atoms with van der Waals surface area (Å²) in [7, 11) is 1.68. The SMILES string of the molecule is Cn1[nH]c2nc3cc(CC[C@H]4C[C@@H](Cn5ccc6c(N)ncnc65)[C@H](O)[C@@H]4O)ccc3cc2c1=O. The van der Waals surface area contributed by atoms with Gasteiger partial charge in [0.1, 0.15) is 17.8 Å². The van der Waals surface area contributed by atoms with Crippen molar-refractivity contribution in [3.63, 3.8) is 0 Å². The summed E-state index contributed by atoms with van der Waals surface area (Å²) >= 11 is 0. The fraction of sp³-hybridized carbons (Fsp3) is 0.360. The van der Waals surface area contributed by atoms with Crippen LogP contribution in [-0.4, -0.2) is 51.7 Å². The smallest absolute Gasteiger partial charge is 0.275 e. The van der Waals surface area contributed by atoms with Crippen LogP contribution in [0.3, 0.4) is 0 Å². The molecule has 6 rings (SSSR count). The van der Waals surface area contributed by atoms with Gasteiger partial charge in [-0.3, -0.25) is 14.6 Å². The van der Waals surface area contributed by atoms with Crippen molar-refractivity contribution < 1.29 is 10.2 Å². The van der Waals surface area contributed by atoms with Crippen LogP contribution in [0.2, 0.25) is 0 Å². The second kappa shape index (κ2) is 8.17. The number of pyridine rings is 1. The highest BCUT2D eigenvalue weighted by Crippen LogP contribution is 2.36. The first-order valence-electron chi connectivity index (χ1n) is 11.8. The molecule has 1 aromatic carbocycles. The maximum Gasteiger partial charge on any atom is 0.275 e. The molecule has 0 bridgehead atoms. The van der Waals surface area contributed by atoms with Crippen LogP contribution in [0, 0.1) is 11.8 Å². The van der Waals surface area contributed by atoms with Crippen LogP contribution in [0.25, 0.3) is 33.0 Å². The van der Waals surface area contributed by atoms with Crippen LogP contribution >= 0.6 is 0 Å². The molecule has 1 aliphatic rings. The molecule has 0 unspecified atom stereocenters. The second-order valence-corrected chi connectivity index (χ2v) is 9.63. The number of hydrogen-bond donors (Lipinski definition) is 4. The Kier molecular flexibility index (Phi) is 5.08. The Morgan fingerprint density at radius 1 is 1.11 bits per heavy atom. The fourth-order valence-electron chi connectivity index (χ4n) is 5.48. The van der Waals surface area contributed by atoms with Crippen molar-refractivity contribution in [2.75, 3.05) is 5.73 Å². The Balaban J connectivity index is 1.17. The van der Waals surface area contributed by atoms with Gasteiger partial charge < -0.3 is 20.5 Å². The predicted octanol–water partition coefficient (Wildman–Crippen LogP) is 1.73. The number of fused-ring (bicyclic) bond motifs is 3. The van der Waals surface area contributed by atoms with Crippen molar-refractivity contribution in [2.24, 2.45) is 18.9 Å². The zero-order chi connectivity index (χ0) is 24.3. The van der Waals surface area contributed by atoms with E-state index < -0.39 is 12.2 Å². The summed E-state index contributed by atoms with van der Waals surface area (Å²) in [5, 5.41) is 26.8. The van der Waals surface area contributed by atoms with Gasteiger partial charge in [0.2, 0.25) is 0 Å². The Morgan fingerprint density at radius 2 is 1.94 bits per heavy atom. The molecular weight excluding hydrogens is 446 g/mol. The van der Waals surface area contributed by atoms with E-state index in [1.54, 1.807) is 7.05 Å². The summed E-state index contributed by atoms with van der Waals surface area (Å²) < 4.78 is 3.40. The third kappa shape index (κ3) is 3.65. The molecule has 1 aliphatic carbocycles. The number of H-pyrrole nitrogens is 1. The van der Waals surface area contributed by atoms with E-state index in [1.165, 1.54) is 11.0 Å². The highest BCUT2D eigenvalue weighted by atomic mass is 16.3. The molecule has 1 fully saturated rings. The number of hydrogen-bond acceptors (Lipinski definition) is 7. The third-order valence-electron chi connectivity index (χ3n) is 7.43. The van der Waals surface area contributed by atoms with Crippen molar-refractivity contribution in [2.45, 2.75) is 38.0 Å². The summed E-state index contributed by atoms with van der Waals surface area (Å²) in [5.74, 6) is 0.347. The van der Waals surface area contributed by atoms with Gasteiger partial charge in [0.25, 0.3) is 5.56 Å². The number of benzene rings is 1. The minimum absolute atomic E-state index is 0.00636. The lowest BCUT2D eigenvalue weighted by molar-refractivity contribution is 0.000330. The number of aliphatic hydroxyl groups excluding tert-OH is 2. The van der Waals surface area contributed by atoms with Crippen molar-refractivity contribution in [1.29, 1.82) is 0 Å². The van der Waals surface area contributed by atoms with Crippen LogP contribution in [-0.2, 0) is 20.0 Å². The summed E-state index contributed by atoms with van der Waals surface area (Å²) in [4.78, 5) is 25.2. The molecule has 10 heteroatoms. The minimum atomic E-state index is -0.793. The van der Waals surface area contributed by atoms with Crippen molar-refractivity contribution in [3.8, 4) is 0 Å². The molecule has 0 radical (unpaired) electrons. The van der Waals surface area contributed by atoms with Gasteiger partial charge >= 0.3 is 0 Å². The van der Waals surface area contributed by atoms with Crippen molar-refractivity contribution in [1.82, 2.24) is 29.3 Å². The topological polar surface area (TPSA) is 148 Å². The number of nitrogens with one attached hydrogen (secondary N) is 1. The molecule has 4 atom stereocenters. The summed E-state index contributed by atoms with van der Waals surface area (Å²) in [6.45, 7) is 0.555. The Bertz CT molecular complexity index is 1620. The second-order valence-electron chi connectivity index (χ2n) is 9.63. The van der Waals surface area contributed by atoms with E-state index in [9.17, 15) is 15.0 Å². The molecule has 180 valence electrons. The number of aliphatic hydroxyl groups is 2. The first-order valence-corrected chi connectivity index (χ1v) is 11.8. The van der Waals surface area contributed by atoms with E-state index in [-0.39, 0.29) is 17.4 Å². The van der Waals surface area contributed by atoms with Gasteiger partial charge in [-0.25, -0.2) is 15.0 Å². The van der Waals surface area contributed by atoms with Crippen LogP contribution in [0.15, 0.2) is 47.7 Å². The summed E-state index contributed by atoms with van der Waals surface area (Å²) in [6.07, 6.45) is 4.02. The number of nitrogens with zero attached hydrogens (tertiary/aromatic N) is 5. The van der Waals surface area contributed by atoms with Crippen molar-refractivity contribution in [3.05, 3.63) is 58.8 Å². The zero-order valence-corrected chi connectivity index (χ0v) is 19.3. The van der Waals surface area contributed by atoms with Gasteiger partial charge in [0.15, 0.2) is 5.65 Å². The Labute approximate surface area is 200 Å². The number of aromatic nitrogens is 6. The van der Waals surface area contributed by atoms with E-state index in [1.807, 2.05) is 41.1 Å². The molecule has 4 heterocycles. The van der Waals surface area contributed by atoms with E-state index in [0.717, 1.165) is 46.8 Å². The number of rotatable bonds is 5. The molecule has 0 saturated heterocycles. The van der Waals surface area contributed by atoms with Crippen LogP contribution in [0.4, 0.5) is 5.82 Å². The van der Waals surface area contributed by atoms with Crippen LogP contribution in [0.5, 0.6) is 0 Å². The fourth-order valence-corrected chi connectivity index (χ4v) is 5.48. The molecule has 0 aliphatic heterocycles. The molecule has 0 amide bonds. The average Bonchev–Trinajstić information content (AvgIpc) is 3.47. The lowest BCUT2D eigenvalue weighted by Crippen LogP contribution is -2.30. The molecule has 10 nitrogen and oxygen atoms in total. The first kappa shape index (κ1) is 21.8. The standard InChI is InChI=1S/C25H27N7O3/c1-31-25(35)18-10-14-4-2-13(8-19(14)29-23(18)30-31)3-5-15-9-16(21(34)20(15)33)11-32-7-6-17-22(26)27-12-28-24(17)32/h2,4,6-8,10,12,15-16,20-21,33-34H,3,5,9,11H2,1H3,(H,29,30)(H2,26,27,28)/t15-,16-,20+,21-/m0/s1. The maximum absolute atomic E-state index is 12.2. The van der Waals surface area contributed by atoms with E-state index in [2.05, 4.69) is 20.1 Å². The molecule has 35 heavy (non-hydrogen) atoms. The lowest BCUT2D eigenvalue weighted by atomic mass is 9.95. The van der Waals surface area contributed by atoms with Crippen molar-refractivity contribution >= 4 is 38.8 Å². The quantitative estimate of drug-likeness (QED) is 0.304. The number of aryl methyl sites for hydroxylation is 2. The molecule has 4 aromatic heterocycles. The molecular formula is C25H27N7O3. The molecule has 1 saturated carbocycles. The first-order chi connectivity index (χ1) is 16.9. The molecule has 0 spiro atoms. The molecule has 5 aromatic rings. The third-order valence-corrected chi connectivity index (χ3v) is 7.43.